The summed E-state index contributed by atoms with van der Waals surface area (Å²) in [5, 5.41) is 2.01. The fourth-order valence-corrected chi connectivity index (χ4v) is 5.04. The number of carbonyl (C=O) groups excluding carboxylic acids is 1. The summed E-state index contributed by atoms with van der Waals surface area (Å²) in [4.78, 5) is 13.4. The number of anilines is 2. The van der Waals surface area contributed by atoms with Crippen molar-refractivity contribution < 1.29 is 14.3 Å². The van der Waals surface area contributed by atoms with Crippen LogP contribution in [-0.4, -0.2) is 13.0 Å². The second-order valence-electron chi connectivity index (χ2n) is 8.21. The Morgan fingerprint density at radius 2 is 1.39 bits per heavy atom. The van der Waals surface area contributed by atoms with Crippen molar-refractivity contribution in [2.24, 2.45) is 0 Å². The van der Waals surface area contributed by atoms with Crippen LogP contribution in [0.15, 0.2) is 91.0 Å². The topological polar surface area (TPSA) is 50.8 Å². The van der Waals surface area contributed by atoms with Crippen LogP contribution in [0.5, 0.6) is 11.5 Å². The minimum absolute atomic E-state index is 0.345. The van der Waals surface area contributed by atoms with E-state index in [9.17, 15) is 4.79 Å². The van der Waals surface area contributed by atoms with Gasteiger partial charge in [0.1, 0.15) is 11.5 Å². The maximum atomic E-state index is 13.4. The lowest BCUT2D eigenvalue weighted by Gasteiger charge is -2.39. The highest BCUT2D eigenvalue weighted by molar-refractivity contribution is 6.00. The van der Waals surface area contributed by atoms with E-state index in [0.29, 0.717) is 17.1 Å². The van der Waals surface area contributed by atoms with Crippen molar-refractivity contribution >= 4 is 17.3 Å². The Morgan fingerprint density at radius 1 is 0.788 bits per heavy atom. The number of esters is 1. The first-order valence-corrected chi connectivity index (χ1v) is 10.9. The molecule has 0 unspecified atom stereocenters. The normalized spacial score (nSPS) is 14.7. The molecule has 5 nitrogen and oxygen atoms in total. The molecule has 4 aromatic rings. The molecular formula is C28H22N2O3. The highest BCUT2D eigenvalue weighted by atomic mass is 16.6. The number of nitrogens with zero attached hydrogens (tertiary/aromatic N) is 1. The molecule has 33 heavy (non-hydrogen) atoms. The lowest BCUT2D eigenvalue weighted by molar-refractivity contribution is 0.0225. The molecule has 1 N–H and O–H groups in total. The van der Waals surface area contributed by atoms with Crippen molar-refractivity contribution in [2.75, 3.05) is 12.1 Å². The van der Waals surface area contributed by atoms with Crippen LogP contribution < -0.4 is 15.2 Å². The smallest absolute Gasteiger partial charge is 0.340 e. The van der Waals surface area contributed by atoms with Gasteiger partial charge in [-0.05, 0) is 42.8 Å². The molecule has 2 aliphatic heterocycles. The molecule has 2 aliphatic rings. The van der Waals surface area contributed by atoms with Gasteiger partial charge in [-0.25, -0.2) is 10.2 Å². The molecular weight excluding hydrogens is 412 g/mol. The van der Waals surface area contributed by atoms with E-state index in [1.807, 2.05) is 103 Å². The second-order valence-corrected chi connectivity index (χ2v) is 8.21. The number of hydrogen-bond donors (Lipinski definition) is 1. The van der Waals surface area contributed by atoms with E-state index < -0.39 is 5.60 Å². The van der Waals surface area contributed by atoms with Crippen molar-refractivity contribution in [3.8, 4) is 11.5 Å². The number of rotatable bonds is 3. The average molecular weight is 434 g/mol. The van der Waals surface area contributed by atoms with Crippen molar-refractivity contribution in [1.29, 1.82) is 0 Å². The molecule has 0 aromatic heterocycles. The van der Waals surface area contributed by atoms with Crippen molar-refractivity contribution in [3.05, 3.63) is 119 Å². The number of fused-ring (bicyclic) bond motifs is 6. The predicted octanol–water partition coefficient (Wildman–Crippen LogP) is 5.84. The summed E-state index contributed by atoms with van der Waals surface area (Å²) in [6.07, 6.45) is 0. The van der Waals surface area contributed by atoms with Gasteiger partial charge in [0, 0.05) is 23.7 Å². The van der Waals surface area contributed by atoms with Gasteiger partial charge in [-0.3, -0.25) is 5.01 Å². The fourth-order valence-electron chi connectivity index (χ4n) is 5.04. The minimum atomic E-state index is -1.12. The van der Waals surface area contributed by atoms with Crippen molar-refractivity contribution in [2.45, 2.75) is 12.5 Å². The third kappa shape index (κ3) is 2.66. The Labute approximate surface area is 192 Å². The first-order valence-electron chi connectivity index (χ1n) is 10.9. The molecule has 0 amide bonds. The summed E-state index contributed by atoms with van der Waals surface area (Å²) in [5.41, 5.74) is 8.06. The summed E-state index contributed by atoms with van der Waals surface area (Å²) in [6, 6.07) is 29.4. The van der Waals surface area contributed by atoms with E-state index in [1.165, 1.54) is 0 Å². The Balaban J connectivity index is 1.74. The molecule has 6 rings (SSSR count). The maximum absolute atomic E-state index is 13.4. The summed E-state index contributed by atoms with van der Waals surface area (Å²) in [7, 11) is 1.88. The number of hydrazine groups is 1. The summed E-state index contributed by atoms with van der Waals surface area (Å²) in [6.45, 7) is 2.05. The molecule has 0 saturated heterocycles. The Bertz CT molecular complexity index is 1350. The lowest BCUT2D eigenvalue weighted by Crippen LogP contribution is -2.37. The first kappa shape index (κ1) is 19.6. The van der Waals surface area contributed by atoms with E-state index in [1.54, 1.807) is 0 Å². The van der Waals surface area contributed by atoms with E-state index in [2.05, 4.69) is 12.3 Å². The van der Waals surface area contributed by atoms with E-state index >= 15 is 0 Å². The highest BCUT2D eigenvalue weighted by Crippen LogP contribution is 2.58. The van der Waals surface area contributed by atoms with Crippen molar-refractivity contribution in [1.82, 2.24) is 5.43 Å². The molecule has 4 aromatic carbocycles. The third-order valence-electron chi connectivity index (χ3n) is 6.41. The van der Waals surface area contributed by atoms with Crippen LogP contribution >= 0.6 is 0 Å². The number of carbonyl (C=O) groups is 1. The number of para-hydroxylation sites is 3. The summed E-state index contributed by atoms with van der Waals surface area (Å²) < 4.78 is 12.6. The van der Waals surface area contributed by atoms with Gasteiger partial charge in [-0.15, -0.1) is 0 Å². The number of ether oxygens (including phenoxy) is 2. The fraction of sp³-hybridized carbons (Fsp3) is 0.107. The summed E-state index contributed by atoms with van der Waals surface area (Å²) in [5.74, 6) is 1.02. The number of benzene rings is 4. The van der Waals surface area contributed by atoms with E-state index in [0.717, 1.165) is 33.6 Å². The van der Waals surface area contributed by atoms with Gasteiger partial charge in [0.15, 0.2) is 5.60 Å². The zero-order chi connectivity index (χ0) is 22.6. The van der Waals surface area contributed by atoms with Gasteiger partial charge in [0.25, 0.3) is 0 Å². The second kappa shape index (κ2) is 7.22. The molecule has 1 spiro atoms. The Hall–Kier alpha value is -4.09. The van der Waals surface area contributed by atoms with Crippen LogP contribution in [0.4, 0.5) is 11.4 Å². The quantitative estimate of drug-likeness (QED) is 0.325. The Kier molecular flexibility index (Phi) is 4.28. The van der Waals surface area contributed by atoms with E-state index in [4.69, 9.17) is 9.47 Å². The van der Waals surface area contributed by atoms with Gasteiger partial charge in [0.05, 0.1) is 16.9 Å². The van der Waals surface area contributed by atoms with Gasteiger partial charge < -0.3 is 9.47 Å². The SMILES string of the molecule is CNN(c1ccccc1)c1c(C)ccc2c1C1(OC2=O)c2ccccc2Oc2ccccc21. The van der Waals surface area contributed by atoms with Crippen LogP contribution in [0.2, 0.25) is 0 Å². The van der Waals surface area contributed by atoms with Crippen molar-refractivity contribution in [3.63, 3.8) is 0 Å². The molecule has 2 heterocycles. The Morgan fingerprint density at radius 3 is 2.03 bits per heavy atom. The molecule has 0 fully saturated rings. The van der Waals surface area contributed by atoms with Crippen LogP contribution in [0.3, 0.4) is 0 Å². The van der Waals surface area contributed by atoms with Crippen LogP contribution in [0, 0.1) is 6.92 Å². The number of aryl methyl sites for hydroxylation is 1. The molecule has 162 valence electrons. The molecule has 0 bridgehead atoms. The predicted molar refractivity (Wildman–Crippen MR) is 127 cm³/mol. The molecule has 5 heteroatoms. The minimum Gasteiger partial charge on any atom is -0.456 e. The monoisotopic (exact) mass is 434 g/mol. The van der Waals surface area contributed by atoms with Gasteiger partial charge in [-0.1, -0.05) is 60.7 Å². The maximum Gasteiger partial charge on any atom is 0.340 e. The third-order valence-corrected chi connectivity index (χ3v) is 6.41. The lowest BCUT2D eigenvalue weighted by atomic mass is 9.76. The first-order chi connectivity index (χ1) is 16.1. The number of nitrogens with one attached hydrogen (secondary N) is 1. The molecule has 0 radical (unpaired) electrons. The van der Waals surface area contributed by atoms with E-state index in [-0.39, 0.29) is 5.97 Å². The summed E-state index contributed by atoms with van der Waals surface area (Å²) >= 11 is 0. The number of hydrogen-bond acceptors (Lipinski definition) is 5. The molecule has 0 aliphatic carbocycles. The largest absolute Gasteiger partial charge is 0.456 e. The highest BCUT2D eigenvalue weighted by Gasteiger charge is 2.55. The van der Waals surface area contributed by atoms with Gasteiger partial charge in [-0.2, -0.15) is 0 Å². The van der Waals surface area contributed by atoms with Crippen LogP contribution in [0.25, 0.3) is 0 Å². The van der Waals surface area contributed by atoms with Crippen LogP contribution in [-0.2, 0) is 10.3 Å². The zero-order valence-corrected chi connectivity index (χ0v) is 18.3. The average Bonchev–Trinajstić information content (AvgIpc) is 3.14. The van der Waals surface area contributed by atoms with Gasteiger partial charge in [0.2, 0.25) is 0 Å². The van der Waals surface area contributed by atoms with Crippen LogP contribution in [0.1, 0.15) is 32.6 Å². The molecule has 0 atom stereocenters. The van der Waals surface area contributed by atoms with Gasteiger partial charge >= 0.3 is 5.97 Å². The standard InChI is InChI=1S/C28H22N2O3/c1-18-16-17-20-25(26(18)30(29-2)19-10-4-3-5-11-19)28(33-27(20)31)21-12-6-8-14-23(21)32-24-15-9-7-13-22(24)28/h3-17,29H,1-2H3. The molecule has 0 saturated carbocycles. The zero-order valence-electron chi connectivity index (χ0n) is 18.3.